The van der Waals surface area contributed by atoms with Gasteiger partial charge in [0.2, 0.25) is 11.8 Å². The molecule has 0 aromatic heterocycles. The molecule has 7 atom stereocenters. The van der Waals surface area contributed by atoms with Crippen LogP contribution < -0.4 is 0 Å². The SMILES string of the molecule is CCCC(C)N1CC=C[C@]23O[C@@H]4C=CCOC(=O)[C@@H]4[C@H]2C(=O)N([C@@H](CO)CC(C)C)C3C1=O. The first-order valence-corrected chi connectivity index (χ1v) is 12.2. The highest BCUT2D eigenvalue weighted by Crippen LogP contribution is 2.54. The number of hydrogen-bond acceptors (Lipinski definition) is 6. The maximum absolute atomic E-state index is 14.1. The minimum Gasteiger partial charge on any atom is -0.461 e. The van der Waals surface area contributed by atoms with Crippen LogP contribution in [0.2, 0.25) is 0 Å². The van der Waals surface area contributed by atoms with Crippen molar-refractivity contribution in [1.82, 2.24) is 9.80 Å². The molecule has 1 N–H and O–H groups in total. The number of nitrogens with zero attached hydrogens (tertiary/aromatic N) is 2. The first-order chi connectivity index (χ1) is 15.8. The van der Waals surface area contributed by atoms with E-state index in [1.807, 2.05) is 32.9 Å². The maximum atomic E-state index is 14.1. The minimum atomic E-state index is -1.27. The summed E-state index contributed by atoms with van der Waals surface area (Å²) in [7, 11) is 0. The highest BCUT2D eigenvalue weighted by atomic mass is 16.6. The summed E-state index contributed by atoms with van der Waals surface area (Å²) in [6, 6.07) is -1.48. The van der Waals surface area contributed by atoms with Gasteiger partial charge in [-0.2, -0.15) is 0 Å². The van der Waals surface area contributed by atoms with Crippen molar-refractivity contribution in [3.63, 3.8) is 0 Å². The largest absolute Gasteiger partial charge is 0.461 e. The molecule has 0 aromatic carbocycles. The zero-order valence-corrected chi connectivity index (χ0v) is 20.0. The third kappa shape index (κ3) is 3.81. The molecule has 8 nitrogen and oxygen atoms in total. The number of aliphatic hydroxyl groups is 1. The molecule has 4 heterocycles. The second-order valence-electron chi connectivity index (χ2n) is 10.1. The molecule has 33 heavy (non-hydrogen) atoms. The van der Waals surface area contributed by atoms with E-state index in [1.165, 1.54) is 4.90 Å². The predicted molar refractivity (Wildman–Crippen MR) is 121 cm³/mol. The number of carbonyl (C=O) groups excluding carboxylic acids is 3. The third-order valence-electron chi connectivity index (χ3n) is 7.47. The van der Waals surface area contributed by atoms with Crippen LogP contribution in [0, 0.1) is 17.8 Å². The summed E-state index contributed by atoms with van der Waals surface area (Å²) in [4.78, 5) is 44.4. The number of hydrogen-bond donors (Lipinski definition) is 1. The van der Waals surface area contributed by atoms with Crippen LogP contribution in [0.1, 0.15) is 47.0 Å². The lowest BCUT2D eigenvalue weighted by Crippen LogP contribution is -2.59. The average Bonchev–Trinajstić information content (AvgIpc) is 3.07. The monoisotopic (exact) mass is 460 g/mol. The number of fused-ring (bicyclic) bond motifs is 2. The Balaban J connectivity index is 1.83. The Morgan fingerprint density at radius 1 is 1.18 bits per heavy atom. The van der Waals surface area contributed by atoms with Crippen LogP contribution in [0.3, 0.4) is 0 Å². The molecule has 2 fully saturated rings. The van der Waals surface area contributed by atoms with Gasteiger partial charge in [0, 0.05) is 12.6 Å². The second kappa shape index (κ2) is 9.22. The van der Waals surface area contributed by atoms with Crippen LogP contribution in [0.15, 0.2) is 24.3 Å². The molecule has 0 aromatic rings. The van der Waals surface area contributed by atoms with Crippen LogP contribution in [0.25, 0.3) is 0 Å². The van der Waals surface area contributed by atoms with Crippen molar-refractivity contribution in [2.24, 2.45) is 17.8 Å². The van der Waals surface area contributed by atoms with Crippen molar-refractivity contribution in [1.29, 1.82) is 0 Å². The smallest absolute Gasteiger partial charge is 0.313 e. The number of ether oxygens (including phenoxy) is 2. The fourth-order valence-electron chi connectivity index (χ4n) is 6.11. The van der Waals surface area contributed by atoms with Gasteiger partial charge in [-0.15, -0.1) is 0 Å². The lowest BCUT2D eigenvalue weighted by Gasteiger charge is -2.40. The van der Waals surface area contributed by atoms with Gasteiger partial charge in [0.15, 0.2) is 0 Å². The normalized spacial score (nSPS) is 35.2. The lowest BCUT2D eigenvalue weighted by molar-refractivity contribution is -0.155. The van der Waals surface area contributed by atoms with Gasteiger partial charge in [-0.25, -0.2) is 0 Å². The molecule has 8 heteroatoms. The molecule has 2 amide bonds. The lowest BCUT2D eigenvalue weighted by atomic mass is 9.78. The van der Waals surface area contributed by atoms with Gasteiger partial charge in [0.25, 0.3) is 0 Å². The number of rotatable bonds is 7. The highest BCUT2D eigenvalue weighted by molar-refractivity contribution is 5.99. The molecule has 4 rings (SSSR count). The second-order valence-corrected chi connectivity index (χ2v) is 10.1. The highest BCUT2D eigenvalue weighted by Gasteiger charge is 2.72. The average molecular weight is 461 g/mol. The van der Waals surface area contributed by atoms with Crippen LogP contribution >= 0.6 is 0 Å². The fourth-order valence-corrected chi connectivity index (χ4v) is 6.11. The number of likely N-dealkylation sites (tertiary alicyclic amines) is 1. The molecule has 182 valence electrons. The molecule has 2 unspecified atom stereocenters. The van der Waals surface area contributed by atoms with E-state index in [9.17, 15) is 19.5 Å². The Labute approximate surface area is 195 Å². The molecule has 0 saturated carbocycles. The molecule has 4 aliphatic rings. The van der Waals surface area contributed by atoms with E-state index in [-0.39, 0.29) is 37.0 Å². The van der Waals surface area contributed by atoms with Gasteiger partial charge >= 0.3 is 5.97 Å². The van der Waals surface area contributed by atoms with Crippen LogP contribution in [0.5, 0.6) is 0 Å². The van der Waals surface area contributed by atoms with E-state index < -0.39 is 41.6 Å². The van der Waals surface area contributed by atoms with E-state index in [2.05, 4.69) is 6.92 Å². The summed E-state index contributed by atoms with van der Waals surface area (Å²) in [5, 5.41) is 10.3. The molecule has 2 saturated heterocycles. The minimum absolute atomic E-state index is 0.00674. The summed E-state index contributed by atoms with van der Waals surface area (Å²) in [5.74, 6) is -2.47. The first-order valence-electron chi connectivity index (χ1n) is 12.2. The first kappa shape index (κ1) is 24.0. The van der Waals surface area contributed by atoms with Gasteiger partial charge in [-0.1, -0.05) is 45.4 Å². The van der Waals surface area contributed by atoms with E-state index in [4.69, 9.17) is 9.47 Å². The summed E-state index contributed by atoms with van der Waals surface area (Å²) < 4.78 is 11.8. The zero-order chi connectivity index (χ0) is 23.9. The van der Waals surface area contributed by atoms with E-state index in [1.54, 1.807) is 17.1 Å². The Kier molecular flexibility index (Phi) is 6.69. The number of cyclic esters (lactones) is 1. The van der Waals surface area contributed by atoms with Crippen molar-refractivity contribution in [3.8, 4) is 0 Å². The number of esters is 1. The van der Waals surface area contributed by atoms with E-state index in [0.29, 0.717) is 13.0 Å². The Hall–Kier alpha value is -2.19. The summed E-state index contributed by atoms with van der Waals surface area (Å²) >= 11 is 0. The van der Waals surface area contributed by atoms with Gasteiger partial charge in [-0.3, -0.25) is 14.4 Å². The topological polar surface area (TPSA) is 96.4 Å². The molecule has 0 aliphatic carbocycles. The number of aliphatic hydroxyl groups excluding tert-OH is 1. The Bertz CT molecular complexity index is 854. The van der Waals surface area contributed by atoms with Crippen molar-refractivity contribution >= 4 is 17.8 Å². The maximum Gasteiger partial charge on any atom is 0.313 e. The van der Waals surface area contributed by atoms with Crippen molar-refractivity contribution in [2.75, 3.05) is 19.8 Å². The molecule has 4 aliphatic heterocycles. The molecule has 0 radical (unpaired) electrons. The molecule has 1 spiro atoms. The van der Waals surface area contributed by atoms with Gasteiger partial charge in [-0.05, 0) is 31.8 Å². The summed E-state index contributed by atoms with van der Waals surface area (Å²) in [6.45, 7) is 8.42. The predicted octanol–water partition coefficient (Wildman–Crippen LogP) is 1.67. The van der Waals surface area contributed by atoms with E-state index in [0.717, 1.165) is 12.8 Å². The number of carbonyl (C=O) groups is 3. The number of amides is 2. The Morgan fingerprint density at radius 2 is 1.94 bits per heavy atom. The molecular formula is C25H36N2O6. The standard InChI is InChI=1S/C25H36N2O6/c1-5-8-16(4)26-11-7-10-25-20(19-18(33-25)9-6-12-32-24(19)31)22(29)27(21(25)23(26)30)17(14-28)13-15(2)3/h6-7,9-10,15-21,28H,5,8,11-14H2,1-4H3/t16?,17-,18-,19+,20+,21?,25+/m1/s1. The molecular weight excluding hydrogens is 424 g/mol. The van der Waals surface area contributed by atoms with Gasteiger partial charge < -0.3 is 24.4 Å². The fraction of sp³-hybridized carbons (Fsp3) is 0.720. The third-order valence-corrected chi connectivity index (χ3v) is 7.47. The van der Waals surface area contributed by atoms with E-state index >= 15 is 0 Å². The van der Waals surface area contributed by atoms with Crippen LogP contribution in [0.4, 0.5) is 0 Å². The zero-order valence-electron chi connectivity index (χ0n) is 20.0. The van der Waals surface area contributed by atoms with Crippen molar-refractivity contribution in [3.05, 3.63) is 24.3 Å². The Morgan fingerprint density at radius 3 is 2.61 bits per heavy atom. The van der Waals surface area contributed by atoms with Crippen molar-refractivity contribution < 1.29 is 29.0 Å². The summed E-state index contributed by atoms with van der Waals surface area (Å²) in [6.07, 6.45) is 8.91. The van der Waals surface area contributed by atoms with Gasteiger partial charge in [0.05, 0.1) is 24.7 Å². The summed E-state index contributed by atoms with van der Waals surface area (Å²) in [5.41, 5.74) is -1.27. The van der Waals surface area contributed by atoms with Crippen molar-refractivity contribution in [2.45, 2.75) is 76.8 Å². The van der Waals surface area contributed by atoms with Gasteiger partial charge in [0.1, 0.15) is 24.2 Å². The van der Waals surface area contributed by atoms with Crippen LogP contribution in [-0.4, -0.2) is 82.3 Å². The molecule has 0 bridgehead atoms. The quantitative estimate of drug-likeness (QED) is 0.459. The van der Waals surface area contributed by atoms with Crippen LogP contribution in [-0.2, 0) is 23.9 Å².